The van der Waals surface area contributed by atoms with E-state index in [1.165, 1.54) is 4.90 Å². The van der Waals surface area contributed by atoms with Crippen molar-refractivity contribution in [3.05, 3.63) is 0 Å². The Bertz CT molecular complexity index is 392. The van der Waals surface area contributed by atoms with Crippen molar-refractivity contribution >= 4 is 17.9 Å². The number of hydrogen-bond donors (Lipinski definition) is 2. The van der Waals surface area contributed by atoms with Crippen molar-refractivity contribution < 1.29 is 19.5 Å². The fourth-order valence-corrected chi connectivity index (χ4v) is 2.25. The molecule has 0 aromatic heterocycles. The van der Waals surface area contributed by atoms with Crippen LogP contribution in [0.15, 0.2) is 0 Å². The summed E-state index contributed by atoms with van der Waals surface area (Å²) in [5.74, 6) is -1.01. The van der Waals surface area contributed by atoms with E-state index in [0.29, 0.717) is 0 Å². The Kier molecular flexibility index (Phi) is 6.45. The van der Waals surface area contributed by atoms with Crippen LogP contribution in [0, 0.1) is 5.92 Å². The number of urea groups is 1. The van der Waals surface area contributed by atoms with Crippen LogP contribution in [0.25, 0.3) is 0 Å². The molecule has 0 bridgehead atoms. The molecule has 7 nitrogen and oxygen atoms in total. The highest BCUT2D eigenvalue weighted by Gasteiger charge is 2.24. The molecule has 21 heavy (non-hydrogen) atoms. The summed E-state index contributed by atoms with van der Waals surface area (Å²) >= 11 is 0. The Balaban J connectivity index is 2.48. The number of nitrogens with one attached hydrogen (secondary N) is 1. The van der Waals surface area contributed by atoms with Crippen molar-refractivity contribution in [3.63, 3.8) is 0 Å². The largest absolute Gasteiger partial charge is 0.481 e. The number of amides is 3. The maximum absolute atomic E-state index is 12.0. The molecule has 1 saturated heterocycles. The van der Waals surface area contributed by atoms with Gasteiger partial charge in [0.05, 0.1) is 6.42 Å². The molecule has 1 fully saturated rings. The van der Waals surface area contributed by atoms with E-state index in [1.807, 2.05) is 13.8 Å². The predicted octanol–water partition coefficient (Wildman–Crippen LogP) is 0.750. The average Bonchev–Trinajstić information content (AvgIpc) is 2.90. The average molecular weight is 299 g/mol. The predicted molar refractivity (Wildman–Crippen MR) is 77.9 cm³/mol. The van der Waals surface area contributed by atoms with Gasteiger partial charge in [0.25, 0.3) is 0 Å². The highest BCUT2D eigenvalue weighted by Crippen LogP contribution is 2.09. The summed E-state index contributed by atoms with van der Waals surface area (Å²) < 4.78 is 0. The number of hydrogen-bond acceptors (Lipinski definition) is 3. The van der Waals surface area contributed by atoms with E-state index in [9.17, 15) is 14.4 Å². The number of carbonyl (C=O) groups excluding carboxylic acids is 2. The van der Waals surface area contributed by atoms with Crippen molar-refractivity contribution in [2.75, 3.05) is 26.7 Å². The summed E-state index contributed by atoms with van der Waals surface area (Å²) in [5.41, 5.74) is 0. The second-order valence-corrected chi connectivity index (χ2v) is 5.84. The van der Waals surface area contributed by atoms with Crippen LogP contribution in [0.5, 0.6) is 0 Å². The molecular weight excluding hydrogens is 274 g/mol. The first-order chi connectivity index (χ1) is 9.81. The minimum Gasteiger partial charge on any atom is -0.481 e. The second kappa shape index (κ2) is 7.85. The van der Waals surface area contributed by atoms with Crippen LogP contribution in [0.1, 0.15) is 33.1 Å². The van der Waals surface area contributed by atoms with Crippen molar-refractivity contribution in [1.82, 2.24) is 15.1 Å². The maximum Gasteiger partial charge on any atom is 0.317 e. The van der Waals surface area contributed by atoms with E-state index >= 15 is 0 Å². The minimum absolute atomic E-state index is 0.00716. The van der Waals surface area contributed by atoms with Gasteiger partial charge in [-0.3, -0.25) is 9.59 Å². The number of carboxylic acid groups (broad SMARTS) is 1. The molecule has 1 heterocycles. The van der Waals surface area contributed by atoms with E-state index < -0.39 is 18.0 Å². The molecule has 3 amide bonds. The van der Waals surface area contributed by atoms with Crippen LogP contribution in [0.2, 0.25) is 0 Å². The zero-order valence-corrected chi connectivity index (χ0v) is 13.0. The molecule has 2 N–H and O–H groups in total. The van der Waals surface area contributed by atoms with Crippen molar-refractivity contribution in [1.29, 1.82) is 0 Å². The van der Waals surface area contributed by atoms with Gasteiger partial charge in [0.2, 0.25) is 5.91 Å². The summed E-state index contributed by atoms with van der Waals surface area (Å²) in [6.45, 7) is 5.22. The molecule has 120 valence electrons. The zero-order valence-electron chi connectivity index (χ0n) is 13.0. The minimum atomic E-state index is -0.954. The van der Waals surface area contributed by atoms with E-state index in [2.05, 4.69) is 5.32 Å². The van der Waals surface area contributed by atoms with E-state index in [1.54, 1.807) is 11.9 Å². The second-order valence-electron chi connectivity index (χ2n) is 5.84. The third-order valence-electron chi connectivity index (χ3n) is 3.69. The smallest absolute Gasteiger partial charge is 0.317 e. The van der Waals surface area contributed by atoms with Crippen LogP contribution in [0.4, 0.5) is 4.79 Å². The first kappa shape index (κ1) is 17.3. The molecule has 1 unspecified atom stereocenters. The Hall–Kier alpha value is -1.79. The van der Waals surface area contributed by atoms with Crippen molar-refractivity contribution in [2.24, 2.45) is 5.92 Å². The third-order valence-corrected chi connectivity index (χ3v) is 3.69. The number of aliphatic carboxylic acids is 1. The number of carboxylic acids is 1. The lowest BCUT2D eigenvalue weighted by Gasteiger charge is -2.26. The number of likely N-dealkylation sites (N-methyl/N-ethyl adjacent to an activating group) is 1. The van der Waals surface area contributed by atoms with Gasteiger partial charge < -0.3 is 20.2 Å². The first-order valence-corrected chi connectivity index (χ1v) is 7.32. The summed E-state index contributed by atoms with van der Waals surface area (Å²) in [7, 11) is 1.54. The number of carbonyl (C=O) groups is 3. The van der Waals surface area contributed by atoms with Gasteiger partial charge in [0.15, 0.2) is 0 Å². The Morgan fingerprint density at radius 3 is 2.29 bits per heavy atom. The lowest BCUT2D eigenvalue weighted by molar-refractivity contribution is -0.138. The molecule has 0 aliphatic carbocycles. The summed E-state index contributed by atoms with van der Waals surface area (Å²) in [4.78, 5) is 37.9. The van der Waals surface area contributed by atoms with Gasteiger partial charge in [0, 0.05) is 26.2 Å². The van der Waals surface area contributed by atoms with Gasteiger partial charge in [-0.25, -0.2) is 4.79 Å². The molecule has 1 aliphatic rings. The molecule has 7 heteroatoms. The van der Waals surface area contributed by atoms with Crippen LogP contribution >= 0.6 is 0 Å². The fraction of sp³-hybridized carbons (Fsp3) is 0.786. The highest BCUT2D eigenvalue weighted by atomic mass is 16.4. The fourth-order valence-electron chi connectivity index (χ4n) is 2.25. The molecule has 0 spiro atoms. The standard InChI is InChI=1S/C14H25N3O4/c1-10(2)11(8-13(19)20)15-14(21)16(3)9-12(18)17-6-4-5-7-17/h10-11H,4-9H2,1-3H3,(H,15,21)(H,19,20). The van der Waals surface area contributed by atoms with Crippen LogP contribution in [-0.2, 0) is 9.59 Å². The normalized spacial score (nSPS) is 15.9. The van der Waals surface area contributed by atoms with Crippen LogP contribution < -0.4 is 5.32 Å². The van der Waals surface area contributed by atoms with Gasteiger partial charge in [-0.2, -0.15) is 0 Å². The lowest BCUT2D eigenvalue weighted by atomic mass is 10.0. The van der Waals surface area contributed by atoms with E-state index in [-0.39, 0.29) is 24.8 Å². The van der Waals surface area contributed by atoms with Crippen LogP contribution in [0.3, 0.4) is 0 Å². The van der Waals surface area contributed by atoms with Gasteiger partial charge in [-0.1, -0.05) is 13.8 Å². The molecule has 0 saturated carbocycles. The topological polar surface area (TPSA) is 90.0 Å². The summed E-state index contributed by atoms with van der Waals surface area (Å²) in [5, 5.41) is 11.5. The zero-order chi connectivity index (χ0) is 16.0. The van der Waals surface area contributed by atoms with Gasteiger partial charge >= 0.3 is 12.0 Å². The monoisotopic (exact) mass is 299 g/mol. The summed E-state index contributed by atoms with van der Waals surface area (Å²) in [6, 6.07) is -0.859. The highest BCUT2D eigenvalue weighted by molar-refractivity contribution is 5.84. The lowest BCUT2D eigenvalue weighted by Crippen LogP contribution is -2.49. The van der Waals surface area contributed by atoms with Gasteiger partial charge in [-0.05, 0) is 18.8 Å². The first-order valence-electron chi connectivity index (χ1n) is 7.32. The van der Waals surface area contributed by atoms with Crippen molar-refractivity contribution in [3.8, 4) is 0 Å². The van der Waals surface area contributed by atoms with Crippen molar-refractivity contribution in [2.45, 2.75) is 39.2 Å². The SMILES string of the molecule is CC(C)C(CC(=O)O)NC(=O)N(C)CC(=O)N1CCCC1. The van der Waals surface area contributed by atoms with E-state index in [0.717, 1.165) is 25.9 Å². The third kappa shape index (κ3) is 5.61. The molecule has 1 rings (SSSR count). The Morgan fingerprint density at radius 2 is 1.81 bits per heavy atom. The number of likely N-dealkylation sites (tertiary alicyclic amines) is 1. The van der Waals surface area contributed by atoms with E-state index in [4.69, 9.17) is 5.11 Å². The van der Waals surface area contributed by atoms with Gasteiger partial charge in [0.1, 0.15) is 6.54 Å². The molecular formula is C14H25N3O4. The van der Waals surface area contributed by atoms with Crippen LogP contribution in [-0.4, -0.2) is 65.5 Å². The summed E-state index contributed by atoms with van der Waals surface area (Å²) in [6.07, 6.45) is 1.89. The Morgan fingerprint density at radius 1 is 1.24 bits per heavy atom. The number of nitrogens with zero attached hydrogens (tertiary/aromatic N) is 2. The van der Waals surface area contributed by atoms with Gasteiger partial charge in [-0.15, -0.1) is 0 Å². The quantitative estimate of drug-likeness (QED) is 0.757. The Labute approximate surface area is 125 Å². The molecule has 1 aliphatic heterocycles. The molecule has 0 radical (unpaired) electrons. The number of rotatable bonds is 6. The maximum atomic E-state index is 12.0. The molecule has 0 aromatic rings. The molecule has 0 aromatic carbocycles. The molecule has 1 atom stereocenters.